The van der Waals surface area contributed by atoms with Crippen LogP contribution in [0.3, 0.4) is 0 Å². The molecule has 0 amide bonds. The van der Waals surface area contributed by atoms with Crippen molar-refractivity contribution in [3.05, 3.63) is 65.9 Å². The lowest BCUT2D eigenvalue weighted by molar-refractivity contribution is 0.174. The second kappa shape index (κ2) is 8.47. The molecule has 1 aromatic heterocycles. The largest absolute Gasteiger partial charge is 0.496 e. The van der Waals surface area contributed by atoms with Gasteiger partial charge in [0.05, 0.1) is 7.11 Å². The zero-order valence-corrected chi connectivity index (χ0v) is 15.6. The highest BCUT2D eigenvalue weighted by molar-refractivity contribution is 5.46. The third-order valence-electron chi connectivity index (χ3n) is 4.44. The lowest BCUT2D eigenvalue weighted by atomic mass is 10.1. The van der Waals surface area contributed by atoms with Crippen molar-refractivity contribution in [1.29, 1.82) is 0 Å². The first-order chi connectivity index (χ1) is 13.8. The predicted molar refractivity (Wildman–Crippen MR) is 107 cm³/mol. The average molecular weight is 378 g/mol. The van der Waals surface area contributed by atoms with E-state index in [0.29, 0.717) is 19.0 Å². The maximum atomic E-state index is 5.41. The molecule has 0 atom stereocenters. The van der Waals surface area contributed by atoms with Gasteiger partial charge in [-0.05, 0) is 41.8 Å². The fourth-order valence-electron chi connectivity index (χ4n) is 3.00. The Morgan fingerprint density at radius 3 is 2.86 bits per heavy atom. The van der Waals surface area contributed by atoms with E-state index in [2.05, 4.69) is 26.7 Å². The number of benzene rings is 2. The molecule has 144 valence electrons. The molecule has 28 heavy (non-hydrogen) atoms. The molecule has 7 nitrogen and oxygen atoms in total. The number of aromatic nitrogens is 2. The molecule has 0 unspecified atom stereocenters. The van der Waals surface area contributed by atoms with Crippen molar-refractivity contribution in [2.75, 3.05) is 31.1 Å². The van der Waals surface area contributed by atoms with E-state index in [-0.39, 0.29) is 6.79 Å². The quantitative estimate of drug-likeness (QED) is 0.621. The van der Waals surface area contributed by atoms with E-state index >= 15 is 0 Å². The molecule has 2 N–H and O–H groups in total. The minimum Gasteiger partial charge on any atom is -0.496 e. The highest BCUT2D eigenvalue weighted by atomic mass is 16.7. The molecule has 0 spiro atoms. The van der Waals surface area contributed by atoms with Gasteiger partial charge in [-0.25, -0.2) is 4.98 Å². The number of fused-ring (bicyclic) bond motifs is 1. The van der Waals surface area contributed by atoms with Crippen LogP contribution >= 0.6 is 0 Å². The minimum absolute atomic E-state index is 0.280. The zero-order valence-electron chi connectivity index (χ0n) is 15.6. The Morgan fingerprint density at radius 2 is 1.93 bits per heavy atom. The van der Waals surface area contributed by atoms with Crippen molar-refractivity contribution in [2.24, 2.45) is 0 Å². The van der Waals surface area contributed by atoms with Crippen LogP contribution in [-0.2, 0) is 13.0 Å². The summed E-state index contributed by atoms with van der Waals surface area (Å²) in [4.78, 5) is 8.80. The fraction of sp³-hybridized carbons (Fsp3) is 0.238. The molecule has 7 heteroatoms. The Labute approximate surface area is 163 Å². The van der Waals surface area contributed by atoms with Crippen LogP contribution < -0.4 is 24.8 Å². The Hall–Kier alpha value is -3.48. The summed E-state index contributed by atoms with van der Waals surface area (Å²) in [6.45, 7) is 1.63. The average Bonchev–Trinajstić information content (AvgIpc) is 3.21. The van der Waals surface area contributed by atoms with Crippen LogP contribution in [0.25, 0.3) is 0 Å². The SMILES string of the molecule is COc1ccccc1CCNc1nccc(NCc2ccc3c(c2)OCO3)n1. The summed E-state index contributed by atoms with van der Waals surface area (Å²) >= 11 is 0. The summed E-state index contributed by atoms with van der Waals surface area (Å²) in [7, 11) is 1.69. The van der Waals surface area contributed by atoms with Crippen LogP contribution in [0.5, 0.6) is 17.2 Å². The third-order valence-corrected chi connectivity index (χ3v) is 4.44. The lowest BCUT2D eigenvalue weighted by Gasteiger charge is -2.10. The van der Waals surface area contributed by atoms with Crippen molar-refractivity contribution in [1.82, 2.24) is 9.97 Å². The molecule has 0 fully saturated rings. The van der Waals surface area contributed by atoms with E-state index in [4.69, 9.17) is 14.2 Å². The molecule has 3 aromatic rings. The fourth-order valence-corrected chi connectivity index (χ4v) is 3.00. The molecular weight excluding hydrogens is 356 g/mol. The van der Waals surface area contributed by atoms with Gasteiger partial charge in [0.2, 0.25) is 12.7 Å². The van der Waals surface area contributed by atoms with Gasteiger partial charge in [-0.2, -0.15) is 4.98 Å². The smallest absolute Gasteiger partial charge is 0.231 e. The van der Waals surface area contributed by atoms with E-state index < -0.39 is 0 Å². The summed E-state index contributed by atoms with van der Waals surface area (Å²) in [5, 5.41) is 6.57. The number of anilines is 2. The van der Waals surface area contributed by atoms with Crippen molar-refractivity contribution >= 4 is 11.8 Å². The molecule has 0 aliphatic carbocycles. The number of hydrogen-bond acceptors (Lipinski definition) is 7. The number of para-hydroxylation sites is 1. The number of nitrogens with zero attached hydrogens (tertiary/aromatic N) is 2. The number of hydrogen-bond donors (Lipinski definition) is 2. The van der Waals surface area contributed by atoms with E-state index in [1.165, 1.54) is 0 Å². The van der Waals surface area contributed by atoms with Crippen molar-refractivity contribution < 1.29 is 14.2 Å². The van der Waals surface area contributed by atoms with Gasteiger partial charge >= 0.3 is 0 Å². The highest BCUT2D eigenvalue weighted by Gasteiger charge is 2.13. The Morgan fingerprint density at radius 1 is 1.04 bits per heavy atom. The van der Waals surface area contributed by atoms with E-state index in [0.717, 1.165) is 40.6 Å². The molecule has 0 saturated heterocycles. The number of rotatable bonds is 8. The molecule has 2 aromatic carbocycles. The van der Waals surface area contributed by atoms with E-state index in [1.54, 1.807) is 13.3 Å². The standard InChI is InChI=1S/C21H22N4O3/c1-26-17-5-3-2-4-16(17)8-10-22-21-23-11-9-20(25-21)24-13-15-6-7-18-19(12-15)28-14-27-18/h2-7,9,11-12H,8,10,13-14H2,1H3,(H2,22,23,24,25). The van der Waals surface area contributed by atoms with Gasteiger partial charge in [0.25, 0.3) is 0 Å². The summed E-state index contributed by atoms with van der Waals surface area (Å²) in [5.41, 5.74) is 2.24. The zero-order chi connectivity index (χ0) is 19.2. The van der Waals surface area contributed by atoms with Crippen molar-refractivity contribution in [3.8, 4) is 17.2 Å². The van der Waals surface area contributed by atoms with Gasteiger partial charge in [-0.1, -0.05) is 24.3 Å². The topological polar surface area (TPSA) is 77.5 Å². The van der Waals surface area contributed by atoms with Gasteiger partial charge in [-0.3, -0.25) is 0 Å². The maximum absolute atomic E-state index is 5.41. The molecular formula is C21H22N4O3. The molecule has 4 rings (SSSR count). The summed E-state index contributed by atoms with van der Waals surface area (Å²) in [6, 6.07) is 15.8. The first-order valence-corrected chi connectivity index (χ1v) is 9.13. The summed E-state index contributed by atoms with van der Waals surface area (Å²) < 4.78 is 16.1. The monoisotopic (exact) mass is 378 g/mol. The van der Waals surface area contributed by atoms with Crippen molar-refractivity contribution in [2.45, 2.75) is 13.0 Å². The molecule has 0 radical (unpaired) electrons. The van der Waals surface area contributed by atoms with Gasteiger partial charge in [0, 0.05) is 19.3 Å². The van der Waals surface area contributed by atoms with Crippen LogP contribution in [0.1, 0.15) is 11.1 Å². The van der Waals surface area contributed by atoms with Crippen molar-refractivity contribution in [3.63, 3.8) is 0 Å². The second-order valence-corrected chi connectivity index (χ2v) is 6.30. The van der Waals surface area contributed by atoms with Crippen LogP contribution in [0.15, 0.2) is 54.7 Å². The Kier molecular flexibility index (Phi) is 5.42. The number of ether oxygens (including phenoxy) is 3. The van der Waals surface area contributed by atoms with E-state index in [1.807, 2.05) is 42.5 Å². The Bertz CT molecular complexity index is 948. The van der Waals surface area contributed by atoms with Gasteiger partial charge in [0.15, 0.2) is 11.5 Å². The first-order valence-electron chi connectivity index (χ1n) is 9.13. The summed E-state index contributed by atoms with van der Waals surface area (Å²) in [6.07, 6.45) is 2.56. The van der Waals surface area contributed by atoms with Crippen LogP contribution in [0.4, 0.5) is 11.8 Å². The van der Waals surface area contributed by atoms with Crippen LogP contribution in [-0.4, -0.2) is 30.4 Å². The van der Waals surface area contributed by atoms with Crippen LogP contribution in [0, 0.1) is 0 Å². The third kappa shape index (κ3) is 4.25. The van der Waals surface area contributed by atoms with Gasteiger partial charge < -0.3 is 24.8 Å². The molecule has 1 aliphatic heterocycles. The van der Waals surface area contributed by atoms with E-state index in [9.17, 15) is 0 Å². The summed E-state index contributed by atoms with van der Waals surface area (Å²) in [5.74, 6) is 3.80. The number of methoxy groups -OCH3 is 1. The Balaban J connectivity index is 1.31. The van der Waals surface area contributed by atoms with Gasteiger partial charge in [-0.15, -0.1) is 0 Å². The minimum atomic E-state index is 0.280. The number of nitrogens with one attached hydrogen (secondary N) is 2. The lowest BCUT2D eigenvalue weighted by Crippen LogP contribution is -2.10. The molecule has 2 heterocycles. The van der Waals surface area contributed by atoms with Crippen LogP contribution in [0.2, 0.25) is 0 Å². The van der Waals surface area contributed by atoms with Gasteiger partial charge in [0.1, 0.15) is 11.6 Å². The second-order valence-electron chi connectivity index (χ2n) is 6.30. The highest BCUT2D eigenvalue weighted by Crippen LogP contribution is 2.32. The maximum Gasteiger partial charge on any atom is 0.231 e. The molecule has 0 saturated carbocycles. The molecule has 1 aliphatic rings. The molecule has 0 bridgehead atoms. The first kappa shape index (κ1) is 17.9. The predicted octanol–water partition coefficient (Wildman–Crippen LogP) is 3.48. The normalized spacial score (nSPS) is 11.9.